The fourth-order valence-corrected chi connectivity index (χ4v) is 3.36. The second-order valence-electron chi connectivity index (χ2n) is 5.88. The number of rotatable bonds is 7. The molecule has 2 heterocycles. The molecule has 0 aliphatic carbocycles. The number of benzene rings is 1. The Kier molecular flexibility index (Phi) is 6.23. The van der Waals surface area contributed by atoms with Crippen LogP contribution in [0.25, 0.3) is 0 Å². The Balaban J connectivity index is 1.50. The van der Waals surface area contributed by atoms with Gasteiger partial charge in [-0.05, 0) is 36.2 Å². The van der Waals surface area contributed by atoms with Crippen LogP contribution in [0.15, 0.2) is 59.2 Å². The monoisotopic (exact) mass is 398 g/mol. The van der Waals surface area contributed by atoms with E-state index in [0.29, 0.717) is 15.4 Å². The van der Waals surface area contributed by atoms with Crippen LogP contribution in [-0.2, 0) is 16.1 Å². The van der Waals surface area contributed by atoms with Crippen molar-refractivity contribution in [2.45, 2.75) is 13.5 Å². The molecule has 0 spiro atoms. The summed E-state index contributed by atoms with van der Waals surface area (Å²) in [4.78, 5) is 36.6. The molecule has 3 rings (SSSR count). The molecular weight excluding hydrogens is 380 g/mol. The molecule has 0 aliphatic rings. The van der Waals surface area contributed by atoms with Crippen molar-refractivity contribution in [1.29, 1.82) is 0 Å². The van der Waals surface area contributed by atoms with Crippen LogP contribution in [0, 0.1) is 6.92 Å². The van der Waals surface area contributed by atoms with E-state index in [9.17, 15) is 14.4 Å². The highest BCUT2D eigenvalue weighted by Crippen LogP contribution is 2.27. The highest BCUT2D eigenvalue weighted by molar-refractivity contribution is 7.18. The SMILES string of the molecule is Cc1cc(NC(=O)c2ccco2)sc1C(=O)NCC(=O)OCc1ccccc1. The first kappa shape index (κ1) is 19.4. The standard InChI is InChI=1S/C20H18N2O5S/c1-13-10-16(22-19(24)15-8-5-9-26-15)28-18(13)20(25)21-11-17(23)27-12-14-6-3-2-4-7-14/h2-10H,11-12H2,1H3,(H,21,25)(H,22,24). The van der Waals surface area contributed by atoms with Crippen LogP contribution in [0.3, 0.4) is 0 Å². The van der Waals surface area contributed by atoms with Gasteiger partial charge in [-0.25, -0.2) is 0 Å². The summed E-state index contributed by atoms with van der Waals surface area (Å²) in [6.45, 7) is 1.66. The molecule has 2 N–H and O–H groups in total. The van der Waals surface area contributed by atoms with Gasteiger partial charge in [-0.2, -0.15) is 0 Å². The molecule has 144 valence electrons. The fourth-order valence-electron chi connectivity index (χ4n) is 2.37. The Labute approximate surface area is 165 Å². The summed E-state index contributed by atoms with van der Waals surface area (Å²) in [6, 6.07) is 14.1. The van der Waals surface area contributed by atoms with Crippen molar-refractivity contribution in [3.05, 3.63) is 76.6 Å². The summed E-state index contributed by atoms with van der Waals surface area (Å²) in [5, 5.41) is 5.72. The molecule has 3 aromatic rings. The van der Waals surface area contributed by atoms with Gasteiger partial charge in [0.25, 0.3) is 11.8 Å². The van der Waals surface area contributed by atoms with Gasteiger partial charge in [0.15, 0.2) is 5.76 Å². The molecule has 0 bridgehead atoms. The van der Waals surface area contributed by atoms with Crippen LogP contribution in [0.2, 0.25) is 0 Å². The maximum atomic E-state index is 12.3. The lowest BCUT2D eigenvalue weighted by molar-refractivity contribution is -0.143. The zero-order chi connectivity index (χ0) is 19.9. The van der Waals surface area contributed by atoms with Gasteiger partial charge >= 0.3 is 5.97 Å². The minimum Gasteiger partial charge on any atom is -0.460 e. The van der Waals surface area contributed by atoms with E-state index in [1.165, 1.54) is 6.26 Å². The largest absolute Gasteiger partial charge is 0.460 e. The van der Waals surface area contributed by atoms with E-state index >= 15 is 0 Å². The van der Waals surface area contributed by atoms with Crippen molar-refractivity contribution in [3.8, 4) is 0 Å². The van der Waals surface area contributed by atoms with E-state index in [1.807, 2.05) is 30.3 Å². The normalized spacial score (nSPS) is 10.3. The lowest BCUT2D eigenvalue weighted by Crippen LogP contribution is -2.30. The molecule has 0 fully saturated rings. The van der Waals surface area contributed by atoms with Crippen LogP contribution in [0.5, 0.6) is 0 Å². The first-order valence-corrected chi connectivity index (χ1v) is 9.27. The van der Waals surface area contributed by atoms with Gasteiger partial charge in [0.2, 0.25) is 0 Å². The fraction of sp³-hybridized carbons (Fsp3) is 0.150. The number of nitrogens with one attached hydrogen (secondary N) is 2. The maximum absolute atomic E-state index is 12.3. The summed E-state index contributed by atoms with van der Waals surface area (Å²) in [5.74, 6) is -1.16. The van der Waals surface area contributed by atoms with Gasteiger partial charge in [-0.1, -0.05) is 30.3 Å². The van der Waals surface area contributed by atoms with Gasteiger partial charge < -0.3 is 19.8 Å². The quantitative estimate of drug-likeness (QED) is 0.595. The summed E-state index contributed by atoms with van der Waals surface area (Å²) in [5.41, 5.74) is 1.56. The predicted octanol–water partition coefficient (Wildman–Crippen LogP) is 3.38. The second-order valence-corrected chi connectivity index (χ2v) is 6.94. The zero-order valence-electron chi connectivity index (χ0n) is 15.1. The number of furan rings is 1. The molecule has 0 saturated heterocycles. The summed E-state index contributed by atoms with van der Waals surface area (Å²) < 4.78 is 10.2. The minimum absolute atomic E-state index is 0.149. The molecule has 2 aromatic heterocycles. The number of anilines is 1. The molecule has 0 radical (unpaired) electrons. The van der Waals surface area contributed by atoms with Crippen molar-refractivity contribution in [1.82, 2.24) is 5.32 Å². The Morgan fingerprint density at radius 1 is 1.07 bits per heavy atom. The van der Waals surface area contributed by atoms with Crippen LogP contribution < -0.4 is 10.6 Å². The third-order valence-corrected chi connectivity index (χ3v) is 4.89. The van der Waals surface area contributed by atoms with E-state index < -0.39 is 17.8 Å². The number of thiophene rings is 1. The lowest BCUT2D eigenvalue weighted by Gasteiger charge is -2.06. The number of hydrogen-bond acceptors (Lipinski definition) is 6. The van der Waals surface area contributed by atoms with Crippen molar-refractivity contribution in [2.24, 2.45) is 0 Å². The van der Waals surface area contributed by atoms with Crippen LogP contribution >= 0.6 is 11.3 Å². The number of amides is 2. The number of carbonyl (C=O) groups excluding carboxylic acids is 3. The summed E-state index contributed by atoms with van der Waals surface area (Å²) in [6.07, 6.45) is 1.41. The number of esters is 1. The van der Waals surface area contributed by atoms with Crippen LogP contribution in [0.1, 0.15) is 31.4 Å². The number of aryl methyl sites for hydroxylation is 1. The van der Waals surface area contributed by atoms with Gasteiger partial charge in [-0.3, -0.25) is 14.4 Å². The molecule has 0 unspecified atom stereocenters. The average molecular weight is 398 g/mol. The smallest absolute Gasteiger partial charge is 0.325 e. The predicted molar refractivity (Wildman–Crippen MR) is 104 cm³/mol. The van der Waals surface area contributed by atoms with Crippen molar-refractivity contribution in [2.75, 3.05) is 11.9 Å². The average Bonchev–Trinajstić information content (AvgIpc) is 3.35. The summed E-state index contributed by atoms with van der Waals surface area (Å²) >= 11 is 1.12. The minimum atomic E-state index is -0.530. The number of hydrogen-bond donors (Lipinski definition) is 2. The Hall–Kier alpha value is -3.39. The van der Waals surface area contributed by atoms with E-state index in [0.717, 1.165) is 16.9 Å². The van der Waals surface area contributed by atoms with Crippen molar-refractivity contribution in [3.63, 3.8) is 0 Å². The molecule has 8 heteroatoms. The molecule has 7 nitrogen and oxygen atoms in total. The zero-order valence-corrected chi connectivity index (χ0v) is 15.9. The molecule has 0 saturated carbocycles. The second kappa shape index (κ2) is 9.01. The Morgan fingerprint density at radius 2 is 1.86 bits per heavy atom. The molecule has 2 amide bonds. The van der Waals surface area contributed by atoms with E-state index in [4.69, 9.17) is 9.15 Å². The summed E-state index contributed by atoms with van der Waals surface area (Å²) in [7, 11) is 0. The molecule has 1 aromatic carbocycles. The van der Waals surface area contributed by atoms with E-state index in [-0.39, 0.29) is 18.9 Å². The highest BCUT2D eigenvalue weighted by Gasteiger charge is 2.17. The van der Waals surface area contributed by atoms with Gasteiger partial charge in [-0.15, -0.1) is 11.3 Å². The Bertz CT molecular complexity index is 964. The van der Waals surface area contributed by atoms with Crippen LogP contribution in [-0.4, -0.2) is 24.3 Å². The Morgan fingerprint density at radius 3 is 2.57 bits per heavy atom. The number of ether oxygens (including phenoxy) is 1. The topological polar surface area (TPSA) is 97.6 Å². The molecule has 0 atom stereocenters. The first-order chi connectivity index (χ1) is 13.5. The van der Waals surface area contributed by atoms with E-state index in [2.05, 4.69) is 10.6 Å². The molecule has 0 aliphatic heterocycles. The van der Waals surface area contributed by atoms with Gasteiger partial charge in [0, 0.05) is 0 Å². The lowest BCUT2D eigenvalue weighted by atomic mass is 10.2. The van der Waals surface area contributed by atoms with Crippen molar-refractivity contribution >= 4 is 34.1 Å². The third kappa shape index (κ3) is 5.08. The molecular formula is C20H18N2O5S. The number of carbonyl (C=O) groups is 3. The van der Waals surface area contributed by atoms with E-state index in [1.54, 1.807) is 25.1 Å². The third-order valence-electron chi connectivity index (χ3n) is 3.74. The van der Waals surface area contributed by atoms with Crippen molar-refractivity contribution < 1.29 is 23.5 Å². The van der Waals surface area contributed by atoms with Crippen LogP contribution in [0.4, 0.5) is 5.00 Å². The van der Waals surface area contributed by atoms with Gasteiger partial charge in [0.05, 0.1) is 16.1 Å². The molecule has 28 heavy (non-hydrogen) atoms. The highest BCUT2D eigenvalue weighted by atomic mass is 32.1. The van der Waals surface area contributed by atoms with Gasteiger partial charge in [0.1, 0.15) is 13.2 Å². The first-order valence-electron chi connectivity index (χ1n) is 8.46. The maximum Gasteiger partial charge on any atom is 0.325 e.